The average molecular weight is 361 g/mol. The molecule has 1 spiro atoms. The van der Waals surface area contributed by atoms with Crippen LogP contribution in [0.15, 0.2) is 24.3 Å². The second-order valence-electron chi connectivity index (χ2n) is 7.52. The summed E-state index contributed by atoms with van der Waals surface area (Å²) in [5.74, 6) is -1.86. The Balaban J connectivity index is 1.63. The number of likely N-dealkylation sites (tertiary alicyclic amines) is 1. The van der Waals surface area contributed by atoms with Gasteiger partial charge in [0.2, 0.25) is 0 Å². The Bertz CT molecular complexity index is 723. The van der Waals surface area contributed by atoms with Crippen molar-refractivity contribution in [1.29, 1.82) is 0 Å². The molecule has 3 aliphatic heterocycles. The number of carbonyl (C=O) groups is 1. The molecule has 26 heavy (non-hydrogen) atoms. The predicted molar refractivity (Wildman–Crippen MR) is 93.2 cm³/mol. The minimum absolute atomic E-state index is 0.169. The number of nitro groups is 1. The van der Waals surface area contributed by atoms with Crippen molar-refractivity contribution in [2.24, 2.45) is 0 Å². The molecule has 1 aromatic carbocycles. The molecule has 1 amide bonds. The lowest BCUT2D eigenvalue weighted by Crippen LogP contribution is -2.58. The van der Waals surface area contributed by atoms with Crippen molar-refractivity contribution in [3.63, 3.8) is 0 Å². The highest BCUT2D eigenvalue weighted by Crippen LogP contribution is 2.46. The molecule has 0 aromatic heterocycles. The van der Waals surface area contributed by atoms with Crippen LogP contribution in [-0.4, -0.2) is 54.2 Å². The maximum absolute atomic E-state index is 13.3. The molecular weight excluding hydrogens is 338 g/mol. The molecule has 8 heteroatoms. The molecule has 8 nitrogen and oxygen atoms in total. The number of piperidine rings is 1. The highest BCUT2D eigenvalue weighted by molar-refractivity contribution is 6.06. The number of amides is 1. The molecule has 2 saturated heterocycles. The van der Waals surface area contributed by atoms with Gasteiger partial charge in [-0.2, -0.15) is 0 Å². The van der Waals surface area contributed by atoms with Gasteiger partial charge in [0.05, 0.1) is 12.4 Å². The minimum Gasteiger partial charge on any atom is -0.331 e. The van der Waals surface area contributed by atoms with Gasteiger partial charge >= 0.3 is 0 Å². The van der Waals surface area contributed by atoms with Gasteiger partial charge in [-0.15, -0.1) is 0 Å². The normalized spacial score (nSPS) is 32.0. The second-order valence-corrected chi connectivity index (χ2v) is 7.52. The van der Waals surface area contributed by atoms with Crippen molar-refractivity contribution < 1.29 is 19.2 Å². The van der Waals surface area contributed by atoms with Crippen molar-refractivity contribution in [2.75, 3.05) is 37.9 Å². The fraction of sp³-hybridized carbons (Fsp3) is 0.611. The van der Waals surface area contributed by atoms with E-state index in [-0.39, 0.29) is 19.1 Å². The van der Waals surface area contributed by atoms with Crippen LogP contribution in [0.4, 0.5) is 5.69 Å². The van der Waals surface area contributed by atoms with Gasteiger partial charge in [-0.25, -0.2) is 0 Å². The first-order chi connectivity index (χ1) is 12.5. The molecule has 0 unspecified atom stereocenters. The number of rotatable bonds is 3. The van der Waals surface area contributed by atoms with Crippen LogP contribution in [0, 0.1) is 10.1 Å². The molecule has 0 bridgehead atoms. The molecule has 0 atom stereocenters. The monoisotopic (exact) mass is 361 g/mol. The molecule has 0 saturated carbocycles. The van der Waals surface area contributed by atoms with E-state index >= 15 is 0 Å². The second kappa shape index (κ2) is 6.29. The number of nitrogens with zero attached hydrogens (tertiary/aromatic N) is 3. The zero-order valence-electron chi connectivity index (χ0n) is 14.8. The molecule has 0 aliphatic carbocycles. The summed E-state index contributed by atoms with van der Waals surface area (Å²) in [4.78, 5) is 28.1. The number of benzene rings is 1. The first-order valence-corrected chi connectivity index (χ1v) is 9.03. The molecule has 140 valence electrons. The predicted octanol–water partition coefficient (Wildman–Crippen LogP) is 1.71. The lowest BCUT2D eigenvalue weighted by molar-refractivity contribution is -0.590. The molecular formula is C18H23N3O5. The van der Waals surface area contributed by atoms with Crippen LogP contribution in [0.3, 0.4) is 0 Å². The Morgan fingerprint density at radius 3 is 2.46 bits per heavy atom. The molecule has 3 aliphatic rings. The van der Waals surface area contributed by atoms with Gasteiger partial charge in [-0.1, -0.05) is 24.6 Å². The smallest absolute Gasteiger partial charge is 0.293 e. The van der Waals surface area contributed by atoms with Crippen LogP contribution in [-0.2, 0) is 20.1 Å². The molecule has 3 heterocycles. The van der Waals surface area contributed by atoms with Crippen molar-refractivity contribution in [2.45, 2.75) is 37.5 Å². The summed E-state index contributed by atoms with van der Waals surface area (Å²) in [6.45, 7) is 3.53. The minimum atomic E-state index is -1.57. The van der Waals surface area contributed by atoms with Crippen LogP contribution in [0.1, 0.15) is 31.7 Å². The number of ether oxygens (including phenoxy) is 2. The molecule has 0 radical (unpaired) electrons. The summed E-state index contributed by atoms with van der Waals surface area (Å²) in [6, 6.07) is 7.38. The van der Waals surface area contributed by atoms with E-state index in [4.69, 9.17) is 9.47 Å². The Morgan fingerprint density at radius 2 is 1.81 bits per heavy atom. The quantitative estimate of drug-likeness (QED) is 0.602. The van der Waals surface area contributed by atoms with E-state index in [1.165, 1.54) is 13.3 Å². The lowest BCUT2D eigenvalue weighted by Gasteiger charge is -2.38. The Labute approximate surface area is 151 Å². The van der Waals surface area contributed by atoms with E-state index < -0.39 is 16.2 Å². The molecule has 4 rings (SSSR count). The third kappa shape index (κ3) is 2.60. The Hall–Kier alpha value is -2.03. The van der Waals surface area contributed by atoms with Gasteiger partial charge in [0, 0.05) is 17.4 Å². The van der Waals surface area contributed by atoms with Crippen LogP contribution in [0.5, 0.6) is 0 Å². The largest absolute Gasteiger partial charge is 0.331 e. The van der Waals surface area contributed by atoms with E-state index in [9.17, 15) is 14.9 Å². The van der Waals surface area contributed by atoms with Gasteiger partial charge < -0.3 is 9.47 Å². The number of hydrogen-bond donors (Lipinski definition) is 0. The third-order valence-corrected chi connectivity index (χ3v) is 5.48. The fourth-order valence-electron chi connectivity index (χ4n) is 3.81. The van der Waals surface area contributed by atoms with E-state index in [1.54, 1.807) is 11.0 Å². The maximum atomic E-state index is 13.3. The summed E-state index contributed by atoms with van der Waals surface area (Å²) in [5, 5.41) is 11.3. The summed E-state index contributed by atoms with van der Waals surface area (Å²) in [5.41, 5.74) is 0.0426. The van der Waals surface area contributed by atoms with Gasteiger partial charge in [0.15, 0.2) is 0 Å². The van der Waals surface area contributed by atoms with Crippen molar-refractivity contribution in [1.82, 2.24) is 4.90 Å². The number of carbonyl (C=O) groups excluding carboxylic acids is 1. The molecule has 0 N–H and O–H groups in total. The van der Waals surface area contributed by atoms with Gasteiger partial charge in [0.1, 0.15) is 13.2 Å². The van der Waals surface area contributed by atoms with Crippen LogP contribution >= 0.6 is 0 Å². The van der Waals surface area contributed by atoms with E-state index in [2.05, 4.69) is 4.90 Å². The first kappa shape index (κ1) is 17.4. The average Bonchev–Trinajstić information content (AvgIpc) is 2.88. The van der Waals surface area contributed by atoms with E-state index in [1.807, 2.05) is 18.2 Å². The summed E-state index contributed by atoms with van der Waals surface area (Å²) >= 11 is 0. The fourth-order valence-corrected chi connectivity index (χ4v) is 3.81. The lowest BCUT2D eigenvalue weighted by atomic mass is 10.0. The molecule has 1 aromatic rings. The Kier molecular flexibility index (Phi) is 4.21. The summed E-state index contributed by atoms with van der Waals surface area (Å²) < 4.78 is 11.6. The third-order valence-electron chi connectivity index (χ3n) is 5.48. The van der Waals surface area contributed by atoms with Crippen LogP contribution < -0.4 is 4.90 Å². The van der Waals surface area contributed by atoms with Crippen molar-refractivity contribution in [3.8, 4) is 0 Å². The van der Waals surface area contributed by atoms with Crippen molar-refractivity contribution in [3.05, 3.63) is 39.9 Å². The zero-order valence-corrected chi connectivity index (χ0v) is 14.8. The highest BCUT2D eigenvalue weighted by atomic mass is 16.7. The SMILES string of the molecule is CC1([N+](=O)[O-])COC2(OC1)C(=O)N(CN1CCCCC1)c1ccccc12. The number of hydrogen-bond acceptors (Lipinski definition) is 6. The Morgan fingerprint density at radius 1 is 1.15 bits per heavy atom. The van der Waals surface area contributed by atoms with E-state index in [0.717, 1.165) is 31.6 Å². The van der Waals surface area contributed by atoms with Gasteiger partial charge in [0.25, 0.3) is 17.2 Å². The van der Waals surface area contributed by atoms with Gasteiger partial charge in [-0.3, -0.25) is 24.7 Å². The number of fused-ring (bicyclic) bond motifs is 2. The first-order valence-electron chi connectivity index (χ1n) is 9.03. The standard InChI is InChI=1S/C18H23N3O5/c1-17(21(23)24)11-25-18(26-12-17)14-7-3-4-8-15(14)20(16(18)22)13-19-9-5-2-6-10-19/h3-4,7-8H,2,5-6,9-13H2,1H3. The van der Waals surface area contributed by atoms with Crippen LogP contribution in [0.25, 0.3) is 0 Å². The van der Waals surface area contributed by atoms with Crippen molar-refractivity contribution >= 4 is 11.6 Å². The van der Waals surface area contributed by atoms with Gasteiger partial charge in [-0.05, 0) is 32.0 Å². The maximum Gasteiger partial charge on any atom is 0.293 e. The van der Waals surface area contributed by atoms with E-state index in [0.29, 0.717) is 12.2 Å². The number of para-hydroxylation sites is 1. The van der Waals surface area contributed by atoms with Crippen LogP contribution in [0.2, 0.25) is 0 Å². The summed E-state index contributed by atoms with van der Waals surface area (Å²) in [6.07, 6.45) is 3.47. The highest BCUT2D eigenvalue weighted by Gasteiger charge is 2.60. The zero-order chi connectivity index (χ0) is 18.4. The summed E-state index contributed by atoms with van der Waals surface area (Å²) in [7, 11) is 0. The topological polar surface area (TPSA) is 85.2 Å². The molecule has 2 fully saturated rings. The number of anilines is 1.